The minimum atomic E-state index is -0.776. The van der Waals surface area contributed by atoms with Crippen LogP contribution in [0.15, 0.2) is 48.0 Å². The van der Waals surface area contributed by atoms with Gasteiger partial charge in [0.15, 0.2) is 0 Å². The first-order valence-corrected chi connectivity index (χ1v) is 10.1. The molecule has 0 radical (unpaired) electrons. The lowest BCUT2D eigenvalue weighted by molar-refractivity contribution is -0.139. The molecule has 2 aromatic rings. The summed E-state index contributed by atoms with van der Waals surface area (Å²) in [6, 6.07) is 10.4. The Morgan fingerprint density at radius 2 is 1.93 bits per heavy atom. The van der Waals surface area contributed by atoms with Gasteiger partial charge < -0.3 is 14.7 Å². The highest BCUT2D eigenvalue weighted by Gasteiger charge is 2.46. The maximum absolute atomic E-state index is 13.9. The summed E-state index contributed by atoms with van der Waals surface area (Å²) in [6.45, 7) is 4.37. The van der Waals surface area contributed by atoms with Crippen molar-refractivity contribution in [2.75, 3.05) is 13.7 Å². The second-order valence-corrected chi connectivity index (χ2v) is 7.46. The van der Waals surface area contributed by atoms with Crippen LogP contribution in [0.25, 0.3) is 5.76 Å². The van der Waals surface area contributed by atoms with Gasteiger partial charge in [0.1, 0.15) is 17.3 Å². The predicted molar refractivity (Wildman–Crippen MR) is 113 cm³/mol. The SMILES string of the molecule is CCCCCN1C(=O)C(=O)/C(=C(/O)c2cc(F)ccc2OC)C1c1cccc(C)c1. The minimum Gasteiger partial charge on any atom is -0.507 e. The largest absolute Gasteiger partial charge is 0.507 e. The van der Waals surface area contributed by atoms with Gasteiger partial charge >= 0.3 is 0 Å². The Bertz CT molecular complexity index is 998. The number of Topliss-reactive ketones (excluding diaryl/α,β-unsaturated/α-hetero) is 1. The van der Waals surface area contributed by atoms with Gasteiger partial charge in [-0.3, -0.25) is 9.59 Å². The summed E-state index contributed by atoms with van der Waals surface area (Å²) in [7, 11) is 1.39. The van der Waals surface area contributed by atoms with Crippen molar-refractivity contribution in [1.82, 2.24) is 4.90 Å². The van der Waals surface area contributed by atoms with E-state index in [9.17, 15) is 19.1 Å². The number of aliphatic hydroxyl groups is 1. The molecule has 1 amide bonds. The molecule has 1 unspecified atom stereocenters. The number of benzene rings is 2. The first-order chi connectivity index (χ1) is 14.4. The summed E-state index contributed by atoms with van der Waals surface area (Å²) < 4.78 is 19.1. The van der Waals surface area contributed by atoms with Crippen LogP contribution in [0, 0.1) is 12.7 Å². The molecule has 158 valence electrons. The van der Waals surface area contributed by atoms with Crippen LogP contribution in [0.3, 0.4) is 0 Å². The Labute approximate surface area is 175 Å². The van der Waals surface area contributed by atoms with Crippen molar-refractivity contribution in [3.63, 3.8) is 0 Å². The number of carbonyl (C=O) groups excluding carboxylic acids is 2. The number of likely N-dealkylation sites (tertiary alicyclic amines) is 1. The van der Waals surface area contributed by atoms with Crippen LogP contribution in [0.4, 0.5) is 4.39 Å². The standard InChI is InChI=1S/C24H26FNO4/c1-4-5-6-12-26-21(16-9-7-8-15(2)13-16)20(23(28)24(26)29)22(27)18-14-17(25)10-11-19(18)30-3/h7-11,13-14,21,27H,4-6,12H2,1-3H3/b22-20+. The number of amides is 1. The van der Waals surface area contributed by atoms with Crippen molar-refractivity contribution in [3.05, 3.63) is 70.5 Å². The predicted octanol–water partition coefficient (Wildman–Crippen LogP) is 4.75. The third kappa shape index (κ3) is 4.08. The van der Waals surface area contributed by atoms with Gasteiger partial charge in [-0.2, -0.15) is 0 Å². The normalized spacial score (nSPS) is 18.1. The Kier molecular flexibility index (Phi) is 6.55. The van der Waals surface area contributed by atoms with E-state index < -0.39 is 29.3 Å². The Morgan fingerprint density at radius 1 is 1.17 bits per heavy atom. The van der Waals surface area contributed by atoms with Gasteiger partial charge in [-0.15, -0.1) is 0 Å². The number of unbranched alkanes of at least 4 members (excludes halogenated alkanes) is 2. The summed E-state index contributed by atoms with van der Waals surface area (Å²) in [5.74, 6) is -2.23. The first kappa shape index (κ1) is 21.6. The number of hydrogen-bond acceptors (Lipinski definition) is 4. The molecule has 1 fully saturated rings. The quantitative estimate of drug-likeness (QED) is 0.309. The molecule has 1 aliphatic rings. The van der Waals surface area contributed by atoms with Crippen molar-refractivity contribution in [2.24, 2.45) is 0 Å². The van der Waals surface area contributed by atoms with Gasteiger partial charge in [-0.05, 0) is 37.1 Å². The van der Waals surface area contributed by atoms with E-state index in [0.717, 1.165) is 36.5 Å². The van der Waals surface area contributed by atoms with Crippen molar-refractivity contribution in [2.45, 2.75) is 39.2 Å². The summed E-state index contributed by atoms with van der Waals surface area (Å²) in [5.41, 5.74) is 1.69. The number of hydrogen-bond donors (Lipinski definition) is 1. The van der Waals surface area contributed by atoms with E-state index in [-0.39, 0.29) is 16.9 Å². The van der Waals surface area contributed by atoms with Crippen molar-refractivity contribution >= 4 is 17.4 Å². The summed E-state index contributed by atoms with van der Waals surface area (Å²) in [4.78, 5) is 27.3. The first-order valence-electron chi connectivity index (χ1n) is 10.1. The zero-order valence-electron chi connectivity index (χ0n) is 17.4. The van der Waals surface area contributed by atoms with E-state index in [1.54, 1.807) is 0 Å². The molecule has 1 saturated heterocycles. The molecule has 0 spiro atoms. The molecule has 30 heavy (non-hydrogen) atoms. The van der Waals surface area contributed by atoms with Crippen molar-refractivity contribution in [3.8, 4) is 5.75 Å². The molecule has 1 aliphatic heterocycles. The minimum absolute atomic E-state index is 0.0433. The van der Waals surface area contributed by atoms with Crippen molar-refractivity contribution < 1.29 is 23.8 Å². The molecule has 1 atom stereocenters. The lowest BCUT2D eigenvalue weighted by Gasteiger charge is -2.25. The lowest BCUT2D eigenvalue weighted by Crippen LogP contribution is -2.30. The Hall–Kier alpha value is -3.15. The Balaban J connectivity index is 2.19. The maximum Gasteiger partial charge on any atom is 0.295 e. The molecular formula is C24H26FNO4. The molecule has 5 nitrogen and oxygen atoms in total. The van der Waals surface area contributed by atoms with Crippen LogP contribution >= 0.6 is 0 Å². The van der Waals surface area contributed by atoms with E-state index in [1.165, 1.54) is 24.1 Å². The van der Waals surface area contributed by atoms with Crippen LogP contribution in [0.1, 0.15) is 48.9 Å². The number of nitrogens with zero attached hydrogens (tertiary/aromatic N) is 1. The molecule has 0 saturated carbocycles. The van der Waals surface area contributed by atoms with Gasteiger partial charge in [-0.25, -0.2) is 4.39 Å². The average molecular weight is 411 g/mol. The average Bonchev–Trinajstić information content (AvgIpc) is 2.98. The van der Waals surface area contributed by atoms with Crippen molar-refractivity contribution in [1.29, 1.82) is 0 Å². The lowest BCUT2D eigenvalue weighted by atomic mass is 9.94. The fourth-order valence-corrected chi connectivity index (χ4v) is 3.84. The number of methoxy groups -OCH3 is 1. The number of aryl methyl sites for hydroxylation is 1. The van der Waals surface area contributed by atoms with Gasteiger partial charge in [0.2, 0.25) is 0 Å². The van der Waals surface area contributed by atoms with E-state index in [2.05, 4.69) is 6.92 Å². The molecule has 2 aromatic carbocycles. The number of carbonyl (C=O) groups is 2. The third-order valence-electron chi connectivity index (χ3n) is 5.32. The third-order valence-corrected chi connectivity index (χ3v) is 5.32. The maximum atomic E-state index is 13.9. The zero-order chi connectivity index (χ0) is 21.8. The van der Waals surface area contributed by atoms with Gasteiger partial charge in [0, 0.05) is 6.54 Å². The molecule has 3 rings (SSSR count). The van der Waals surface area contributed by atoms with Crippen LogP contribution in [0.5, 0.6) is 5.75 Å². The summed E-state index contributed by atoms with van der Waals surface area (Å²) >= 11 is 0. The second-order valence-electron chi connectivity index (χ2n) is 7.46. The van der Waals surface area contributed by atoms with Gasteiger partial charge in [0.25, 0.3) is 11.7 Å². The number of rotatable bonds is 7. The fourth-order valence-electron chi connectivity index (χ4n) is 3.84. The topological polar surface area (TPSA) is 66.8 Å². The number of aliphatic hydroxyl groups excluding tert-OH is 1. The van der Waals surface area contributed by atoms with Gasteiger partial charge in [-0.1, -0.05) is 49.6 Å². The van der Waals surface area contributed by atoms with Crippen LogP contribution in [-0.4, -0.2) is 35.4 Å². The number of ketones is 1. The molecule has 0 aliphatic carbocycles. The van der Waals surface area contributed by atoms with E-state index >= 15 is 0 Å². The molecule has 1 heterocycles. The molecule has 1 N–H and O–H groups in total. The fraction of sp³-hybridized carbons (Fsp3) is 0.333. The van der Waals surface area contributed by atoms with Crippen LogP contribution in [-0.2, 0) is 9.59 Å². The smallest absolute Gasteiger partial charge is 0.295 e. The van der Waals surface area contributed by atoms with Gasteiger partial charge in [0.05, 0.1) is 24.3 Å². The van der Waals surface area contributed by atoms with E-state index in [0.29, 0.717) is 6.54 Å². The number of ether oxygens (including phenoxy) is 1. The van der Waals surface area contributed by atoms with E-state index in [4.69, 9.17) is 4.74 Å². The summed E-state index contributed by atoms with van der Waals surface area (Å²) in [6.07, 6.45) is 2.63. The van der Waals surface area contributed by atoms with E-state index in [1.807, 2.05) is 31.2 Å². The highest BCUT2D eigenvalue weighted by molar-refractivity contribution is 6.46. The molecule has 6 heteroatoms. The summed E-state index contributed by atoms with van der Waals surface area (Å²) in [5, 5.41) is 11.1. The highest BCUT2D eigenvalue weighted by atomic mass is 19.1. The molecule has 0 aromatic heterocycles. The second kappa shape index (κ2) is 9.11. The Morgan fingerprint density at radius 3 is 2.60 bits per heavy atom. The monoisotopic (exact) mass is 411 g/mol. The van der Waals surface area contributed by atoms with Crippen LogP contribution < -0.4 is 4.74 Å². The van der Waals surface area contributed by atoms with Crippen LogP contribution in [0.2, 0.25) is 0 Å². The zero-order valence-corrected chi connectivity index (χ0v) is 17.4. The number of halogens is 1. The molecule has 0 bridgehead atoms. The molecular weight excluding hydrogens is 385 g/mol. The highest BCUT2D eigenvalue weighted by Crippen LogP contribution is 2.41.